The van der Waals surface area contributed by atoms with Crippen molar-refractivity contribution >= 4 is 0 Å². The largest absolute Gasteiger partial charge is 0.390 e. The summed E-state index contributed by atoms with van der Waals surface area (Å²) in [5.74, 6) is 1.36. The highest BCUT2D eigenvalue weighted by Gasteiger charge is 2.40. The monoisotopic (exact) mass is 211 g/mol. The molecule has 0 radical (unpaired) electrons. The minimum absolute atomic E-state index is 0.339. The summed E-state index contributed by atoms with van der Waals surface area (Å²) in [5, 5.41) is 10.7. The molecule has 2 rings (SSSR count). The third-order valence-corrected chi connectivity index (χ3v) is 4.59. The maximum absolute atomic E-state index is 10.7. The molecule has 0 saturated heterocycles. The predicted octanol–water partition coefficient (Wildman–Crippen LogP) is 2.45. The molecule has 15 heavy (non-hydrogen) atoms. The number of aliphatic hydroxyl groups is 1. The number of nitrogens with two attached hydrogens (primary N) is 1. The van der Waals surface area contributed by atoms with E-state index in [-0.39, 0.29) is 5.60 Å². The Morgan fingerprint density at radius 1 is 1.13 bits per heavy atom. The molecule has 0 aromatic carbocycles. The second-order valence-electron chi connectivity index (χ2n) is 5.91. The van der Waals surface area contributed by atoms with Crippen molar-refractivity contribution in [2.24, 2.45) is 17.6 Å². The maximum Gasteiger partial charge on any atom is 0.0677 e. The molecule has 0 aliphatic heterocycles. The SMILES string of the molecule is CC1CCCC(C2(O)CCC(N)CC2)C1. The Balaban J connectivity index is 1.95. The molecule has 0 amide bonds. The summed E-state index contributed by atoms with van der Waals surface area (Å²) >= 11 is 0. The molecule has 2 aliphatic carbocycles. The minimum Gasteiger partial charge on any atom is -0.390 e. The lowest BCUT2D eigenvalue weighted by atomic mass is 9.67. The number of hydrogen-bond acceptors (Lipinski definition) is 2. The van der Waals surface area contributed by atoms with Gasteiger partial charge in [0.2, 0.25) is 0 Å². The molecule has 0 spiro atoms. The minimum atomic E-state index is -0.370. The van der Waals surface area contributed by atoms with E-state index in [0.717, 1.165) is 31.6 Å². The van der Waals surface area contributed by atoms with E-state index >= 15 is 0 Å². The van der Waals surface area contributed by atoms with Crippen LogP contribution in [0.3, 0.4) is 0 Å². The summed E-state index contributed by atoms with van der Waals surface area (Å²) < 4.78 is 0. The third kappa shape index (κ3) is 2.54. The fraction of sp³-hybridized carbons (Fsp3) is 1.00. The Kier molecular flexibility index (Phi) is 3.36. The van der Waals surface area contributed by atoms with Gasteiger partial charge in [-0.2, -0.15) is 0 Å². The van der Waals surface area contributed by atoms with E-state index < -0.39 is 0 Å². The summed E-state index contributed by atoms with van der Waals surface area (Å²) in [6, 6.07) is 0.339. The smallest absolute Gasteiger partial charge is 0.0677 e. The Hall–Kier alpha value is -0.0800. The van der Waals surface area contributed by atoms with Crippen molar-refractivity contribution in [1.82, 2.24) is 0 Å². The van der Waals surface area contributed by atoms with E-state index in [4.69, 9.17) is 5.73 Å². The molecule has 2 saturated carbocycles. The fourth-order valence-corrected chi connectivity index (χ4v) is 3.47. The summed E-state index contributed by atoms with van der Waals surface area (Å²) in [6.07, 6.45) is 9.02. The fourth-order valence-electron chi connectivity index (χ4n) is 3.47. The zero-order valence-corrected chi connectivity index (χ0v) is 9.91. The number of hydrogen-bond donors (Lipinski definition) is 2. The van der Waals surface area contributed by atoms with Gasteiger partial charge in [0.1, 0.15) is 0 Å². The molecule has 2 atom stereocenters. The quantitative estimate of drug-likeness (QED) is 0.700. The summed E-state index contributed by atoms with van der Waals surface area (Å²) in [7, 11) is 0. The second kappa shape index (κ2) is 4.42. The van der Waals surface area contributed by atoms with Gasteiger partial charge in [-0.05, 0) is 50.4 Å². The van der Waals surface area contributed by atoms with Crippen molar-refractivity contribution in [3.8, 4) is 0 Å². The van der Waals surface area contributed by atoms with Crippen molar-refractivity contribution in [2.75, 3.05) is 0 Å². The first-order valence-corrected chi connectivity index (χ1v) is 6.58. The molecular weight excluding hydrogens is 186 g/mol. The predicted molar refractivity (Wildman–Crippen MR) is 62.5 cm³/mol. The Morgan fingerprint density at radius 2 is 1.80 bits per heavy atom. The normalized spacial score (nSPS) is 47.8. The van der Waals surface area contributed by atoms with Crippen molar-refractivity contribution in [3.63, 3.8) is 0 Å². The van der Waals surface area contributed by atoms with E-state index in [2.05, 4.69) is 6.92 Å². The molecule has 0 aromatic heterocycles. The zero-order valence-electron chi connectivity index (χ0n) is 9.91. The zero-order chi connectivity index (χ0) is 10.9. The van der Waals surface area contributed by atoms with Gasteiger partial charge >= 0.3 is 0 Å². The van der Waals surface area contributed by atoms with Gasteiger partial charge in [0, 0.05) is 6.04 Å². The Bertz CT molecular complexity index is 209. The Labute approximate surface area is 93.2 Å². The molecule has 2 aliphatic rings. The second-order valence-corrected chi connectivity index (χ2v) is 5.91. The van der Waals surface area contributed by atoms with Crippen LogP contribution in [0.15, 0.2) is 0 Å². The van der Waals surface area contributed by atoms with Gasteiger partial charge in [0.25, 0.3) is 0 Å². The molecule has 0 aromatic rings. The van der Waals surface area contributed by atoms with Gasteiger partial charge in [-0.15, -0.1) is 0 Å². The van der Waals surface area contributed by atoms with Crippen LogP contribution in [0.25, 0.3) is 0 Å². The van der Waals surface area contributed by atoms with E-state index in [0.29, 0.717) is 12.0 Å². The van der Waals surface area contributed by atoms with Gasteiger partial charge < -0.3 is 10.8 Å². The molecule has 88 valence electrons. The lowest BCUT2D eigenvalue weighted by Gasteiger charge is -2.44. The van der Waals surface area contributed by atoms with Crippen LogP contribution < -0.4 is 5.73 Å². The van der Waals surface area contributed by atoms with Gasteiger partial charge in [0.15, 0.2) is 0 Å². The van der Waals surface area contributed by atoms with E-state index in [1.54, 1.807) is 0 Å². The molecule has 2 fully saturated rings. The standard InChI is InChI=1S/C13H25NO/c1-10-3-2-4-11(9-10)13(15)7-5-12(14)6-8-13/h10-12,15H,2-9,14H2,1H3. The van der Waals surface area contributed by atoms with Crippen LogP contribution in [0.1, 0.15) is 58.3 Å². The van der Waals surface area contributed by atoms with E-state index in [1.165, 1.54) is 25.7 Å². The first-order chi connectivity index (χ1) is 7.10. The van der Waals surface area contributed by atoms with Crippen molar-refractivity contribution in [1.29, 1.82) is 0 Å². The van der Waals surface area contributed by atoms with Crippen molar-refractivity contribution < 1.29 is 5.11 Å². The molecule has 2 heteroatoms. The first-order valence-electron chi connectivity index (χ1n) is 6.58. The first kappa shape index (κ1) is 11.4. The van der Waals surface area contributed by atoms with Crippen LogP contribution in [0.2, 0.25) is 0 Å². The maximum atomic E-state index is 10.7. The summed E-state index contributed by atoms with van der Waals surface area (Å²) in [4.78, 5) is 0. The molecule has 0 heterocycles. The van der Waals surface area contributed by atoms with Gasteiger partial charge in [-0.25, -0.2) is 0 Å². The molecule has 3 N–H and O–H groups in total. The Morgan fingerprint density at radius 3 is 2.40 bits per heavy atom. The number of rotatable bonds is 1. The summed E-state index contributed by atoms with van der Waals surface area (Å²) in [6.45, 7) is 2.32. The van der Waals surface area contributed by atoms with Gasteiger partial charge in [-0.3, -0.25) is 0 Å². The highest BCUT2D eigenvalue weighted by atomic mass is 16.3. The lowest BCUT2D eigenvalue weighted by Crippen LogP contribution is -2.45. The van der Waals surface area contributed by atoms with Crippen molar-refractivity contribution in [3.05, 3.63) is 0 Å². The van der Waals surface area contributed by atoms with Crippen LogP contribution >= 0.6 is 0 Å². The lowest BCUT2D eigenvalue weighted by molar-refractivity contribution is -0.0697. The van der Waals surface area contributed by atoms with Gasteiger partial charge in [0.05, 0.1) is 5.60 Å². The topological polar surface area (TPSA) is 46.2 Å². The molecule has 2 unspecified atom stereocenters. The van der Waals surface area contributed by atoms with Crippen LogP contribution in [0.4, 0.5) is 0 Å². The van der Waals surface area contributed by atoms with Gasteiger partial charge in [-0.1, -0.05) is 19.8 Å². The molecule has 2 nitrogen and oxygen atoms in total. The molecule has 0 bridgehead atoms. The average molecular weight is 211 g/mol. The average Bonchev–Trinajstić information content (AvgIpc) is 2.23. The third-order valence-electron chi connectivity index (χ3n) is 4.59. The van der Waals surface area contributed by atoms with Crippen LogP contribution in [-0.4, -0.2) is 16.7 Å². The van der Waals surface area contributed by atoms with E-state index in [9.17, 15) is 5.11 Å². The summed E-state index contributed by atoms with van der Waals surface area (Å²) in [5.41, 5.74) is 5.53. The van der Waals surface area contributed by atoms with Crippen LogP contribution in [-0.2, 0) is 0 Å². The molecular formula is C13H25NO. The highest BCUT2D eigenvalue weighted by Crippen LogP contribution is 2.42. The highest BCUT2D eigenvalue weighted by molar-refractivity contribution is 4.94. The van der Waals surface area contributed by atoms with E-state index in [1.807, 2.05) is 0 Å². The van der Waals surface area contributed by atoms with Crippen LogP contribution in [0.5, 0.6) is 0 Å². The van der Waals surface area contributed by atoms with Crippen molar-refractivity contribution in [2.45, 2.75) is 69.9 Å². The van der Waals surface area contributed by atoms with Crippen LogP contribution in [0, 0.1) is 11.8 Å².